The van der Waals surface area contributed by atoms with Crippen molar-refractivity contribution >= 4 is 27.3 Å². The fourth-order valence-electron chi connectivity index (χ4n) is 2.71. The molecule has 1 fully saturated rings. The van der Waals surface area contributed by atoms with Crippen LogP contribution in [0.4, 0.5) is 0 Å². The Bertz CT molecular complexity index is 592. The molecule has 0 radical (unpaired) electrons. The molecule has 1 aliphatic rings. The first kappa shape index (κ1) is 16.2. The van der Waals surface area contributed by atoms with Crippen molar-refractivity contribution in [1.82, 2.24) is 10.2 Å². The predicted molar refractivity (Wildman–Crippen MR) is 92.3 cm³/mol. The Hall–Kier alpha value is -0.660. The number of aryl methyl sites for hydroxylation is 1. The van der Waals surface area contributed by atoms with E-state index in [2.05, 4.69) is 43.7 Å². The minimum absolute atomic E-state index is 0.265. The summed E-state index contributed by atoms with van der Waals surface area (Å²) < 4.78 is 12.5. The molecule has 3 rings (SSSR count). The fourth-order valence-corrected chi connectivity index (χ4v) is 4.13. The van der Waals surface area contributed by atoms with Crippen LogP contribution in [0, 0.1) is 6.92 Å². The summed E-state index contributed by atoms with van der Waals surface area (Å²) in [4.78, 5) is 3.78. The van der Waals surface area contributed by atoms with Crippen LogP contribution >= 0.6 is 27.3 Å². The molecule has 0 spiro atoms. The summed E-state index contributed by atoms with van der Waals surface area (Å²) in [7, 11) is 0. The Morgan fingerprint density at radius 1 is 1.36 bits per heavy atom. The second kappa shape index (κ2) is 7.75. The minimum atomic E-state index is 0.265. The van der Waals surface area contributed by atoms with Crippen molar-refractivity contribution in [2.75, 3.05) is 32.8 Å². The molecule has 1 N–H and O–H groups in total. The molecule has 0 aliphatic carbocycles. The molecule has 4 nitrogen and oxygen atoms in total. The fraction of sp³-hybridized carbons (Fsp3) is 0.500. The molecule has 120 valence electrons. The van der Waals surface area contributed by atoms with E-state index in [1.807, 2.05) is 13.0 Å². The summed E-state index contributed by atoms with van der Waals surface area (Å²) in [5, 5.41) is 5.68. The van der Waals surface area contributed by atoms with Gasteiger partial charge in [0, 0.05) is 40.9 Å². The topological polar surface area (TPSA) is 37.6 Å². The third-order valence-electron chi connectivity index (χ3n) is 3.83. The van der Waals surface area contributed by atoms with Crippen LogP contribution in [-0.2, 0) is 11.3 Å². The van der Waals surface area contributed by atoms with Crippen LogP contribution in [0.15, 0.2) is 32.5 Å². The Morgan fingerprint density at radius 2 is 2.18 bits per heavy atom. The maximum absolute atomic E-state index is 5.88. The van der Waals surface area contributed by atoms with E-state index in [4.69, 9.17) is 9.15 Å². The van der Waals surface area contributed by atoms with Gasteiger partial charge in [-0.25, -0.2) is 0 Å². The van der Waals surface area contributed by atoms with Crippen LogP contribution in [-0.4, -0.2) is 37.7 Å². The highest BCUT2D eigenvalue weighted by molar-refractivity contribution is 9.10. The van der Waals surface area contributed by atoms with Crippen molar-refractivity contribution in [3.63, 3.8) is 0 Å². The number of halogens is 1. The Labute approximate surface area is 143 Å². The number of thiophene rings is 1. The second-order valence-corrected chi connectivity index (χ2v) is 7.39. The number of nitrogens with zero attached hydrogens (tertiary/aromatic N) is 1. The zero-order valence-electron chi connectivity index (χ0n) is 12.7. The van der Waals surface area contributed by atoms with E-state index in [9.17, 15) is 0 Å². The third kappa shape index (κ3) is 4.20. The van der Waals surface area contributed by atoms with Crippen molar-refractivity contribution in [3.05, 3.63) is 44.4 Å². The van der Waals surface area contributed by atoms with Gasteiger partial charge >= 0.3 is 0 Å². The maximum Gasteiger partial charge on any atom is 0.122 e. The molecular formula is C16H21BrN2O2S. The lowest BCUT2D eigenvalue weighted by atomic mass is 10.1. The standard InChI is InChI=1S/C16H21BrN2O2S/c1-12-2-3-16(21-12)15(19-4-6-20-7-5-19)10-18-9-14-8-13(17)11-22-14/h2-3,8,11,15,18H,4-7,9-10H2,1H3. The first-order valence-corrected chi connectivity index (χ1v) is 9.21. The number of nitrogens with one attached hydrogen (secondary N) is 1. The molecule has 1 atom stereocenters. The van der Waals surface area contributed by atoms with Crippen molar-refractivity contribution in [2.24, 2.45) is 0 Å². The predicted octanol–water partition coefficient (Wildman–Crippen LogP) is 3.58. The summed E-state index contributed by atoms with van der Waals surface area (Å²) in [6.07, 6.45) is 0. The van der Waals surface area contributed by atoms with Gasteiger partial charge < -0.3 is 14.5 Å². The Morgan fingerprint density at radius 3 is 2.82 bits per heavy atom. The molecule has 0 amide bonds. The normalized spacial score (nSPS) is 17.7. The lowest BCUT2D eigenvalue weighted by molar-refractivity contribution is 0.0115. The van der Waals surface area contributed by atoms with Gasteiger partial charge in [-0.3, -0.25) is 4.90 Å². The van der Waals surface area contributed by atoms with Gasteiger partial charge in [-0.05, 0) is 41.1 Å². The number of rotatable bonds is 6. The summed E-state index contributed by atoms with van der Waals surface area (Å²) in [5.74, 6) is 2.01. The van der Waals surface area contributed by atoms with E-state index in [1.54, 1.807) is 11.3 Å². The van der Waals surface area contributed by atoms with Crippen LogP contribution < -0.4 is 5.32 Å². The van der Waals surface area contributed by atoms with E-state index in [1.165, 1.54) is 4.88 Å². The van der Waals surface area contributed by atoms with Crippen LogP contribution in [0.1, 0.15) is 22.4 Å². The number of morpholine rings is 1. The van der Waals surface area contributed by atoms with Crippen molar-refractivity contribution in [2.45, 2.75) is 19.5 Å². The van der Waals surface area contributed by atoms with Crippen molar-refractivity contribution < 1.29 is 9.15 Å². The van der Waals surface area contributed by atoms with Crippen LogP contribution in [0.2, 0.25) is 0 Å². The van der Waals surface area contributed by atoms with Gasteiger partial charge in [-0.15, -0.1) is 11.3 Å². The average Bonchev–Trinajstić information content (AvgIpc) is 3.13. The molecule has 0 aromatic carbocycles. The highest BCUT2D eigenvalue weighted by atomic mass is 79.9. The van der Waals surface area contributed by atoms with Crippen LogP contribution in [0.25, 0.3) is 0 Å². The van der Waals surface area contributed by atoms with E-state index in [-0.39, 0.29) is 6.04 Å². The number of hydrogen-bond acceptors (Lipinski definition) is 5. The lowest BCUT2D eigenvalue weighted by Gasteiger charge is -2.33. The SMILES string of the molecule is Cc1ccc(C(CNCc2cc(Br)cs2)N2CCOCC2)o1. The summed E-state index contributed by atoms with van der Waals surface area (Å²) in [6.45, 7) is 7.27. The summed E-state index contributed by atoms with van der Waals surface area (Å²) in [5.41, 5.74) is 0. The van der Waals surface area contributed by atoms with Crippen molar-refractivity contribution in [3.8, 4) is 0 Å². The molecule has 1 aliphatic heterocycles. The van der Waals surface area contributed by atoms with Gasteiger partial charge in [-0.1, -0.05) is 0 Å². The lowest BCUT2D eigenvalue weighted by Crippen LogP contribution is -2.42. The highest BCUT2D eigenvalue weighted by Crippen LogP contribution is 2.24. The minimum Gasteiger partial charge on any atom is -0.465 e. The molecule has 2 aromatic heterocycles. The number of hydrogen-bond donors (Lipinski definition) is 1. The zero-order chi connectivity index (χ0) is 15.4. The van der Waals surface area contributed by atoms with E-state index < -0.39 is 0 Å². The highest BCUT2D eigenvalue weighted by Gasteiger charge is 2.24. The third-order valence-corrected chi connectivity index (χ3v) is 5.53. The van der Waals surface area contributed by atoms with Crippen molar-refractivity contribution in [1.29, 1.82) is 0 Å². The molecular weight excluding hydrogens is 364 g/mol. The summed E-state index contributed by atoms with van der Waals surface area (Å²) in [6, 6.07) is 6.57. The van der Waals surface area contributed by atoms with E-state index in [0.29, 0.717) is 0 Å². The quantitative estimate of drug-likeness (QED) is 0.825. The monoisotopic (exact) mass is 384 g/mol. The molecule has 6 heteroatoms. The molecule has 0 bridgehead atoms. The second-order valence-electron chi connectivity index (χ2n) is 5.47. The number of ether oxygens (including phenoxy) is 1. The molecule has 22 heavy (non-hydrogen) atoms. The molecule has 0 saturated carbocycles. The Kier molecular flexibility index (Phi) is 5.71. The van der Waals surface area contributed by atoms with Gasteiger partial charge in [0.2, 0.25) is 0 Å². The Balaban J connectivity index is 1.62. The molecule has 2 aromatic rings. The smallest absolute Gasteiger partial charge is 0.122 e. The van der Waals surface area contributed by atoms with Gasteiger partial charge in [0.15, 0.2) is 0 Å². The van der Waals surface area contributed by atoms with E-state index >= 15 is 0 Å². The molecule has 1 saturated heterocycles. The van der Waals surface area contributed by atoms with E-state index in [0.717, 1.165) is 55.4 Å². The molecule has 1 unspecified atom stereocenters. The average molecular weight is 385 g/mol. The maximum atomic E-state index is 5.88. The first-order chi connectivity index (χ1) is 10.7. The van der Waals surface area contributed by atoms with Gasteiger partial charge in [0.25, 0.3) is 0 Å². The first-order valence-electron chi connectivity index (χ1n) is 7.54. The summed E-state index contributed by atoms with van der Waals surface area (Å²) >= 11 is 5.27. The van der Waals surface area contributed by atoms with Crippen LogP contribution in [0.5, 0.6) is 0 Å². The molecule has 3 heterocycles. The van der Waals surface area contributed by atoms with Gasteiger partial charge in [-0.2, -0.15) is 0 Å². The zero-order valence-corrected chi connectivity index (χ0v) is 15.1. The largest absolute Gasteiger partial charge is 0.465 e. The van der Waals surface area contributed by atoms with Gasteiger partial charge in [0.1, 0.15) is 11.5 Å². The van der Waals surface area contributed by atoms with Gasteiger partial charge in [0.05, 0.1) is 19.3 Å². The number of furan rings is 1. The van der Waals surface area contributed by atoms with Crippen LogP contribution in [0.3, 0.4) is 0 Å².